The van der Waals surface area contributed by atoms with E-state index in [1.165, 1.54) is 6.07 Å². The number of H-pyrrole nitrogens is 1. The first-order valence-corrected chi connectivity index (χ1v) is 9.85. The molecule has 3 aromatic carbocycles. The number of phenols is 1. The van der Waals surface area contributed by atoms with Gasteiger partial charge in [-0.3, -0.25) is 5.10 Å². The number of aromatic hydroxyl groups is 1. The van der Waals surface area contributed by atoms with Crippen molar-refractivity contribution < 1.29 is 9.84 Å². The van der Waals surface area contributed by atoms with Crippen molar-refractivity contribution in [3.05, 3.63) is 87.5 Å². The van der Waals surface area contributed by atoms with Crippen LogP contribution < -0.4 is 4.74 Å². The second-order valence-electron chi connectivity index (χ2n) is 6.31. The Kier molecular flexibility index (Phi) is 5.67. The number of hydrogen-bond donors (Lipinski definition) is 2. The van der Waals surface area contributed by atoms with Gasteiger partial charge in [0.25, 0.3) is 0 Å². The number of aromatic amines is 1. The molecule has 0 fully saturated rings. The van der Waals surface area contributed by atoms with E-state index in [4.69, 9.17) is 39.5 Å². The topological polar surface area (TPSA) is 58.1 Å². The summed E-state index contributed by atoms with van der Waals surface area (Å²) in [6, 6.07) is 17.8. The maximum absolute atomic E-state index is 10.6. The quantitative estimate of drug-likeness (QED) is 0.348. The summed E-state index contributed by atoms with van der Waals surface area (Å²) in [5.74, 6) is 0.534. The normalized spacial score (nSPS) is 10.9. The van der Waals surface area contributed by atoms with E-state index in [-0.39, 0.29) is 12.4 Å². The van der Waals surface area contributed by atoms with Gasteiger partial charge in [0.1, 0.15) is 18.1 Å². The molecule has 0 aliphatic carbocycles. The summed E-state index contributed by atoms with van der Waals surface area (Å²) in [5, 5.41) is 19.3. The lowest BCUT2D eigenvalue weighted by Crippen LogP contribution is -1.97. The van der Waals surface area contributed by atoms with Crippen LogP contribution in [0.5, 0.6) is 11.5 Å². The molecule has 4 rings (SSSR count). The van der Waals surface area contributed by atoms with Gasteiger partial charge >= 0.3 is 0 Å². The third kappa shape index (κ3) is 4.06. The van der Waals surface area contributed by atoms with E-state index < -0.39 is 0 Å². The van der Waals surface area contributed by atoms with Crippen LogP contribution in [0.15, 0.2) is 66.9 Å². The molecule has 1 aromatic heterocycles. The van der Waals surface area contributed by atoms with Gasteiger partial charge in [0.15, 0.2) is 0 Å². The summed E-state index contributed by atoms with van der Waals surface area (Å²) in [7, 11) is 0. The fourth-order valence-corrected chi connectivity index (χ4v) is 3.76. The maximum Gasteiger partial charge on any atom is 0.128 e. The first-order chi connectivity index (χ1) is 14.0. The lowest BCUT2D eigenvalue weighted by Gasteiger charge is -2.12. The lowest BCUT2D eigenvalue weighted by atomic mass is 10.0. The number of aromatic nitrogens is 2. The summed E-state index contributed by atoms with van der Waals surface area (Å²) in [4.78, 5) is 0. The van der Waals surface area contributed by atoms with E-state index in [9.17, 15) is 5.11 Å². The van der Waals surface area contributed by atoms with Crippen LogP contribution in [0.2, 0.25) is 15.1 Å². The number of benzene rings is 3. The van der Waals surface area contributed by atoms with Gasteiger partial charge in [-0.15, -0.1) is 0 Å². The minimum Gasteiger partial charge on any atom is -0.507 e. The summed E-state index contributed by atoms with van der Waals surface area (Å²) in [5.41, 5.74) is 3.55. The Bertz CT molecular complexity index is 1150. The smallest absolute Gasteiger partial charge is 0.128 e. The van der Waals surface area contributed by atoms with Gasteiger partial charge in [-0.2, -0.15) is 5.10 Å². The summed E-state index contributed by atoms with van der Waals surface area (Å²) in [6.45, 7) is 0.187. The number of nitrogens with zero attached hydrogens (tertiary/aromatic N) is 1. The van der Waals surface area contributed by atoms with Gasteiger partial charge < -0.3 is 9.84 Å². The van der Waals surface area contributed by atoms with E-state index in [0.717, 1.165) is 11.1 Å². The van der Waals surface area contributed by atoms with Gasteiger partial charge in [-0.05, 0) is 30.3 Å². The third-order valence-electron chi connectivity index (χ3n) is 4.49. The fourth-order valence-electron chi connectivity index (χ4n) is 3.01. The molecule has 1 heterocycles. The molecule has 0 bridgehead atoms. The van der Waals surface area contributed by atoms with Crippen molar-refractivity contribution in [3.8, 4) is 33.9 Å². The average Bonchev–Trinajstić information content (AvgIpc) is 3.17. The number of ether oxygens (including phenoxy) is 1. The highest BCUT2D eigenvalue weighted by atomic mass is 35.5. The fraction of sp³-hybridized carbons (Fsp3) is 0.0455. The molecule has 0 aliphatic rings. The summed E-state index contributed by atoms with van der Waals surface area (Å²) in [6.07, 6.45) is 1.68. The molecular formula is C22H15Cl3N2O2. The molecule has 0 saturated carbocycles. The van der Waals surface area contributed by atoms with Gasteiger partial charge in [0.2, 0.25) is 0 Å². The minimum atomic E-state index is 0.0466. The number of halogens is 3. The highest BCUT2D eigenvalue weighted by molar-refractivity contribution is 6.36. The predicted octanol–water partition coefficient (Wildman–Crippen LogP) is 6.99. The Morgan fingerprint density at radius 2 is 1.55 bits per heavy atom. The Labute approximate surface area is 182 Å². The first kappa shape index (κ1) is 19.6. The van der Waals surface area contributed by atoms with Crippen LogP contribution in [0, 0.1) is 0 Å². The first-order valence-electron chi connectivity index (χ1n) is 8.72. The molecule has 4 nitrogen and oxygen atoms in total. The Morgan fingerprint density at radius 1 is 0.828 bits per heavy atom. The molecular weight excluding hydrogens is 431 g/mol. The Morgan fingerprint density at radius 3 is 2.28 bits per heavy atom. The van der Waals surface area contributed by atoms with Crippen LogP contribution in [-0.2, 0) is 6.61 Å². The molecule has 29 heavy (non-hydrogen) atoms. The minimum absolute atomic E-state index is 0.0466. The molecule has 0 saturated heterocycles. The van der Waals surface area contributed by atoms with E-state index >= 15 is 0 Å². The molecule has 7 heteroatoms. The molecule has 0 atom stereocenters. The van der Waals surface area contributed by atoms with Crippen molar-refractivity contribution >= 4 is 34.8 Å². The van der Waals surface area contributed by atoms with Crippen LogP contribution in [0.4, 0.5) is 0 Å². The third-order valence-corrected chi connectivity index (χ3v) is 5.52. The molecule has 0 amide bonds. The molecule has 4 aromatic rings. The number of phenolic OH excluding ortho intramolecular Hbond substituents is 1. The van der Waals surface area contributed by atoms with E-state index in [0.29, 0.717) is 37.6 Å². The molecule has 2 N–H and O–H groups in total. The predicted molar refractivity (Wildman–Crippen MR) is 117 cm³/mol. The van der Waals surface area contributed by atoms with Gasteiger partial charge in [0.05, 0.1) is 11.9 Å². The van der Waals surface area contributed by atoms with Crippen LogP contribution >= 0.6 is 34.8 Å². The SMILES string of the molecule is Oc1cc(OCc2c(Cl)cccc2Cl)ccc1-c1[nH]ncc1-c1ccccc1Cl. The molecule has 146 valence electrons. The van der Waals surface area contributed by atoms with Crippen molar-refractivity contribution in [2.75, 3.05) is 0 Å². The van der Waals surface area contributed by atoms with Gasteiger partial charge in [-0.1, -0.05) is 59.1 Å². The monoisotopic (exact) mass is 444 g/mol. The highest BCUT2D eigenvalue weighted by Gasteiger charge is 2.16. The van der Waals surface area contributed by atoms with Crippen LogP contribution in [-0.4, -0.2) is 15.3 Å². The zero-order valence-corrected chi connectivity index (χ0v) is 17.3. The zero-order chi connectivity index (χ0) is 20.4. The second-order valence-corrected chi connectivity index (χ2v) is 7.53. The van der Waals surface area contributed by atoms with Crippen molar-refractivity contribution in [3.63, 3.8) is 0 Å². The number of hydrogen-bond acceptors (Lipinski definition) is 3. The molecule has 0 unspecified atom stereocenters. The van der Waals surface area contributed by atoms with Gasteiger partial charge in [-0.25, -0.2) is 0 Å². The number of nitrogens with one attached hydrogen (secondary N) is 1. The second kappa shape index (κ2) is 8.37. The highest BCUT2D eigenvalue weighted by Crippen LogP contribution is 2.39. The Balaban J connectivity index is 1.61. The summed E-state index contributed by atoms with van der Waals surface area (Å²) >= 11 is 18.7. The number of rotatable bonds is 5. The Hall–Kier alpha value is -2.66. The van der Waals surface area contributed by atoms with Crippen molar-refractivity contribution in [1.82, 2.24) is 10.2 Å². The van der Waals surface area contributed by atoms with E-state index in [1.807, 2.05) is 24.3 Å². The van der Waals surface area contributed by atoms with E-state index in [1.54, 1.807) is 36.5 Å². The standard InChI is InChI=1S/C22H15Cl3N2O2/c23-18-5-2-1-4-14(18)16-11-26-27-22(16)15-9-8-13(10-21(15)28)29-12-17-19(24)6-3-7-20(17)25/h1-11,28H,12H2,(H,26,27). The summed E-state index contributed by atoms with van der Waals surface area (Å²) < 4.78 is 5.77. The van der Waals surface area contributed by atoms with Gasteiger partial charge in [0, 0.05) is 43.4 Å². The van der Waals surface area contributed by atoms with E-state index in [2.05, 4.69) is 10.2 Å². The van der Waals surface area contributed by atoms with Crippen molar-refractivity contribution in [2.24, 2.45) is 0 Å². The van der Waals surface area contributed by atoms with Crippen LogP contribution in [0.25, 0.3) is 22.4 Å². The largest absolute Gasteiger partial charge is 0.507 e. The van der Waals surface area contributed by atoms with Crippen molar-refractivity contribution in [1.29, 1.82) is 0 Å². The lowest BCUT2D eigenvalue weighted by molar-refractivity contribution is 0.304. The average molecular weight is 446 g/mol. The zero-order valence-electron chi connectivity index (χ0n) is 15.0. The molecule has 0 aliphatic heterocycles. The van der Waals surface area contributed by atoms with Crippen molar-refractivity contribution in [2.45, 2.75) is 6.61 Å². The van der Waals surface area contributed by atoms with Crippen LogP contribution in [0.3, 0.4) is 0 Å². The van der Waals surface area contributed by atoms with Crippen LogP contribution in [0.1, 0.15) is 5.56 Å². The maximum atomic E-state index is 10.6. The molecule has 0 radical (unpaired) electrons. The molecule has 0 spiro atoms.